The number of pyridine rings is 1. The summed E-state index contributed by atoms with van der Waals surface area (Å²) in [6.07, 6.45) is 2.06. The molecule has 21 heavy (non-hydrogen) atoms. The van der Waals surface area contributed by atoms with Gasteiger partial charge < -0.3 is 15.0 Å². The highest BCUT2D eigenvalue weighted by Gasteiger charge is 2.26. The number of carbonyl (C=O) groups is 1. The standard InChI is InChI=1S/C15H20N4O2/c1-15(2,3)21-14(20)18-12-5-7-19(10-12)13-8-11(9-16)4-6-17-13/h4,6,8,12H,5,7,10H2,1-3H3,(H,18,20)/t12-/m1/s1. The predicted octanol–water partition coefficient (Wildman–Crippen LogP) is 2.06. The summed E-state index contributed by atoms with van der Waals surface area (Å²) in [6.45, 7) is 6.98. The van der Waals surface area contributed by atoms with E-state index >= 15 is 0 Å². The number of carbonyl (C=O) groups excluding carboxylic acids is 1. The van der Waals surface area contributed by atoms with Gasteiger partial charge in [-0.3, -0.25) is 0 Å². The van der Waals surface area contributed by atoms with Crippen LogP contribution in [-0.2, 0) is 4.74 Å². The van der Waals surface area contributed by atoms with Crippen LogP contribution in [0.25, 0.3) is 0 Å². The Balaban J connectivity index is 1.92. The first-order chi connectivity index (χ1) is 9.87. The third-order valence-electron chi connectivity index (χ3n) is 3.11. The van der Waals surface area contributed by atoms with Gasteiger partial charge >= 0.3 is 6.09 Å². The molecule has 1 amide bonds. The number of hydrogen-bond donors (Lipinski definition) is 1. The van der Waals surface area contributed by atoms with Crippen molar-refractivity contribution in [3.8, 4) is 6.07 Å². The van der Waals surface area contributed by atoms with E-state index in [4.69, 9.17) is 10.00 Å². The molecular formula is C15H20N4O2. The fourth-order valence-corrected chi connectivity index (χ4v) is 2.22. The van der Waals surface area contributed by atoms with E-state index in [1.807, 2.05) is 20.8 Å². The van der Waals surface area contributed by atoms with Crippen molar-refractivity contribution in [3.63, 3.8) is 0 Å². The summed E-state index contributed by atoms with van der Waals surface area (Å²) >= 11 is 0. The number of amides is 1. The quantitative estimate of drug-likeness (QED) is 0.901. The molecule has 1 fully saturated rings. The van der Waals surface area contributed by atoms with Gasteiger partial charge in [0.1, 0.15) is 11.4 Å². The van der Waals surface area contributed by atoms with E-state index in [1.165, 1.54) is 0 Å². The molecular weight excluding hydrogens is 268 g/mol. The average Bonchev–Trinajstić information content (AvgIpc) is 2.85. The second-order valence-corrected chi connectivity index (χ2v) is 6.09. The summed E-state index contributed by atoms with van der Waals surface area (Å²) in [7, 11) is 0. The van der Waals surface area contributed by atoms with E-state index in [2.05, 4.69) is 21.3 Å². The van der Waals surface area contributed by atoms with Crippen molar-refractivity contribution in [1.82, 2.24) is 10.3 Å². The molecule has 1 aromatic heterocycles. The third-order valence-corrected chi connectivity index (χ3v) is 3.11. The number of alkyl carbamates (subject to hydrolysis) is 1. The molecule has 6 nitrogen and oxygen atoms in total. The lowest BCUT2D eigenvalue weighted by atomic mass is 10.2. The van der Waals surface area contributed by atoms with Gasteiger partial charge in [0.25, 0.3) is 0 Å². The van der Waals surface area contributed by atoms with Gasteiger partial charge in [-0.15, -0.1) is 0 Å². The van der Waals surface area contributed by atoms with E-state index in [9.17, 15) is 4.79 Å². The Bertz CT molecular complexity index is 560. The molecule has 6 heteroatoms. The molecule has 1 aliphatic heterocycles. The second-order valence-electron chi connectivity index (χ2n) is 6.09. The monoisotopic (exact) mass is 288 g/mol. The maximum absolute atomic E-state index is 11.7. The Morgan fingerprint density at radius 1 is 1.57 bits per heavy atom. The number of nitrogens with zero attached hydrogens (tertiary/aromatic N) is 3. The van der Waals surface area contributed by atoms with Crippen molar-refractivity contribution < 1.29 is 9.53 Å². The predicted molar refractivity (Wildman–Crippen MR) is 78.9 cm³/mol. The average molecular weight is 288 g/mol. The van der Waals surface area contributed by atoms with Crippen LogP contribution in [0.4, 0.5) is 10.6 Å². The Morgan fingerprint density at radius 3 is 3.00 bits per heavy atom. The third kappa shape index (κ3) is 4.35. The van der Waals surface area contributed by atoms with Gasteiger partial charge in [-0.25, -0.2) is 9.78 Å². The summed E-state index contributed by atoms with van der Waals surface area (Å²) in [6, 6.07) is 5.57. The number of nitrogens with one attached hydrogen (secondary N) is 1. The van der Waals surface area contributed by atoms with Crippen molar-refractivity contribution in [2.45, 2.75) is 38.8 Å². The van der Waals surface area contributed by atoms with E-state index in [0.717, 1.165) is 18.8 Å². The van der Waals surface area contributed by atoms with Crippen LogP contribution in [-0.4, -0.2) is 35.8 Å². The number of ether oxygens (including phenoxy) is 1. The van der Waals surface area contributed by atoms with E-state index in [1.54, 1.807) is 18.3 Å². The van der Waals surface area contributed by atoms with Crippen LogP contribution >= 0.6 is 0 Å². The lowest BCUT2D eigenvalue weighted by molar-refractivity contribution is 0.0509. The molecule has 0 aromatic carbocycles. The Labute approximate surface area is 124 Å². The van der Waals surface area contributed by atoms with Crippen LogP contribution in [0.5, 0.6) is 0 Å². The molecule has 1 saturated heterocycles. The normalized spacial score (nSPS) is 18.2. The lowest BCUT2D eigenvalue weighted by Gasteiger charge is -2.22. The number of anilines is 1. The van der Waals surface area contributed by atoms with Crippen LogP contribution in [0.3, 0.4) is 0 Å². The van der Waals surface area contributed by atoms with E-state index < -0.39 is 11.7 Å². The number of hydrogen-bond acceptors (Lipinski definition) is 5. The fourth-order valence-electron chi connectivity index (χ4n) is 2.22. The van der Waals surface area contributed by atoms with Crippen molar-refractivity contribution in [2.75, 3.05) is 18.0 Å². The van der Waals surface area contributed by atoms with Crippen LogP contribution < -0.4 is 10.2 Å². The molecule has 0 saturated carbocycles. The van der Waals surface area contributed by atoms with Crippen molar-refractivity contribution in [3.05, 3.63) is 23.9 Å². The number of nitriles is 1. The molecule has 2 rings (SSSR count). The van der Waals surface area contributed by atoms with Gasteiger partial charge in [0.2, 0.25) is 0 Å². The Morgan fingerprint density at radius 2 is 2.33 bits per heavy atom. The minimum Gasteiger partial charge on any atom is -0.444 e. The number of rotatable bonds is 2. The van der Waals surface area contributed by atoms with Crippen molar-refractivity contribution >= 4 is 11.9 Å². The molecule has 0 bridgehead atoms. The first-order valence-electron chi connectivity index (χ1n) is 6.98. The zero-order chi connectivity index (χ0) is 15.5. The maximum atomic E-state index is 11.7. The van der Waals surface area contributed by atoms with E-state index in [0.29, 0.717) is 12.1 Å². The van der Waals surface area contributed by atoms with Gasteiger partial charge in [0.05, 0.1) is 17.7 Å². The molecule has 0 radical (unpaired) electrons. The molecule has 1 N–H and O–H groups in total. The first-order valence-corrected chi connectivity index (χ1v) is 6.98. The highest BCUT2D eigenvalue weighted by atomic mass is 16.6. The van der Waals surface area contributed by atoms with Crippen molar-refractivity contribution in [2.24, 2.45) is 0 Å². The highest BCUT2D eigenvalue weighted by Crippen LogP contribution is 2.19. The van der Waals surface area contributed by atoms with Crippen LogP contribution in [0.2, 0.25) is 0 Å². The zero-order valence-corrected chi connectivity index (χ0v) is 12.6. The molecule has 112 valence electrons. The summed E-state index contributed by atoms with van der Waals surface area (Å²) in [5.74, 6) is 0.766. The topological polar surface area (TPSA) is 78.2 Å². The second kappa shape index (κ2) is 6.00. The minimum absolute atomic E-state index is 0.0346. The van der Waals surface area contributed by atoms with Gasteiger partial charge in [0, 0.05) is 19.3 Å². The smallest absolute Gasteiger partial charge is 0.407 e. The lowest BCUT2D eigenvalue weighted by Crippen LogP contribution is -2.40. The summed E-state index contributed by atoms with van der Waals surface area (Å²) in [5, 5.41) is 11.8. The molecule has 0 spiro atoms. The SMILES string of the molecule is CC(C)(C)OC(=O)N[C@@H]1CCN(c2cc(C#N)ccn2)C1. The van der Waals surface area contributed by atoms with Gasteiger partial charge in [-0.1, -0.05) is 0 Å². The Hall–Kier alpha value is -2.29. The minimum atomic E-state index is -0.495. The van der Waals surface area contributed by atoms with Gasteiger partial charge in [-0.05, 0) is 39.3 Å². The molecule has 0 aliphatic carbocycles. The summed E-state index contributed by atoms with van der Waals surface area (Å²) in [5.41, 5.74) is 0.0916. The first kappa shape index (κ1) is 15.1. The van der Waals surface area contributed by atoms with Crippen molar-refractivity contribution in [1.29, 1.82) is 5.26 Å². The molecule has 1 aromatic rings. The fraction of sp³-hybridized carbons (Fsp3) is 0.533. The molecule has 2 heterocycles. The zero-order valence-electron chi connectivity index (χ0n) is 12.6. The molecule has 1 aliphatic rings. The number of aromatic nitrogens is 1. The Kier molecular flexibility index (Phi) is 4.32. The summed E-state index contributed by atoms with van der Waals surface area (Å²) in [4.78, 5) is 18.1. The summed E-state index contributed by atoms with van der Waals surface area (Å²) < 4.78 is 5.25. The highest BCUT2D eigenvalue weighted by molar-refractivity contribution is 5.68. The maximum Gasteiger partial charge on any atom is 0.407 e. The van der Waals surface area contributed by atoms with Gasteiger partial charge in [0.15, 0.2) is 0 Å². The van der Waals surface area contributed by atoms with Gasteiger partial charge in [-0.2, -0.15) is 5.26 Å². The molecule has 0 unspecified atom stereocenters. The largest absolute Gasteiger partial charge is 0.444 e. The molecule has 1 atom stereocenters. The van der Waals surface area contributed by atoms with E-state index in [-0.39, 0.29) is 6.04 Å². The van der Waals surface area contributed by atoms with Crippen LogP contribution in [0.15, 0.2) is 18.3 Å². The van der Waals surface area contributed by atoms with Crippen LogP contribution in [0, 0.1) is 11.3 Å². The van der Waals surface area contributed by atoms with Crippen LogP contribution in [0.1, 0.15) is 32.8 Å².